The number of nitrogens with zero attached hydrogens (tertiary/aromatic N) is 3. The molecule has 0 atom stereocenters. The highest BCUT2D eigenvalue weighted by atomic mass is 32.2. The van der Waals surface area contributed by atoms with Crippen LogP contribution in [0.3, 0.4) is 0 Å². The lowest BCUT2D eigenvalue weighted by Crippen LogP contribution is -2.43. The van der Waals surface area contributed by atoms with Crippen molar-refractivity contribution in [3.63, 3.8) is 0 Å². The number of para-hydroxylation sites is 1. The Kier molecular flexibility index (Phi) is 8.82. The highest BCUT2D eigenvalue weighted by Crippen LogP contribution is 2.33. The highest BCUT2D eigenvalue weighted by Gasteiger charge is 2.23. The van der Waals surface area contributed by atoms with Crippen molar-refractivity contribution in [1.82, 2.24) is 9.88 Å². The molecule has 188 valence electrons. The maximum absolute atomic E-state index is 13.4. The molecule has 0 spiro atoms. The van der Waals surface area contributed by atoms with E-state index in [0.717, 1.165) is 36.5 Å². The Bertz CT molecular complexity index is 1250. The summed E-state index contributed by atoms with van der Waals surface area (Å²) >= 11 is 3.12. The number of hydrogen-bond donors (Lipinski definition) is 0. The van der Waals surface area contributed by atoms with Crippen molar-refractivity contribution in [2.24, 2.45) is 0 Å². The Hall–Kier alpha value is -1.98. The topological polar surface area (TPSA) is 79.8 Å². The fourth-order valence-corrected chi connectivity index (χ4v) is 6.69. The third-order valence-electron chi connectivity index (χ3n) is 5.87. The Morgan fingerprint density at radius 2 is 1.91 bits per heavy atom. The fourth-order valence-electron chi connectivity index (χ4n) is 3.90. The number of amides is 1. The van der Waals surface area contributed by atoms with Crippen molar-refractivity contribution < 1.29 is 17.9 Å². The zero-order valence-corrected chi connectivity index (χ0v) is 22.6. The van der Waals surface area contributed by atoms with Gasteiger partial charge < -0.3 is 4.74 Å². The van der Waals surface area contributed by atoms with E-state index in [1.54, 1.807) is 28.8 Å². The quantitative estimate of drug-likeness (QED) is 0.285. The molecule has 1 aliphatic heterocycles. The van der Waals surface area contributed by atoms with Gasteiger partial charge >= 0.3 is 0 Å². The molecule has 0 bridgehead atoms. The third-order valence-corrected chi connectivity index (χ3v) is 9.14. The number of morpholine rings is 1. The number of carbonyl (C=O) groups is 1. The van der Waals surface area contributed by atoms with E-state index in [1.807, 2.05) is 6.07 Å². The summed E-state index contributed by atoms with van der Waals surface area (Å²) in [5.41, 5.74) is 1.67. The molecule has 1 aromatic heterocycles. The first-order chi connectivity index (χ1) is 16.8. The van der Waals surface area contributed by atoms with E-state index in [-0.39, 0.29) is 10.8 Å². The number of hydrogen-bond acceptors (Lipinski definition) is 8. The lowest BCUT2D eigenvalue weighted by atomic mass is 10.2. The van der Waals surface area contributed by atoms with Crippen LogP contribution in [-0.4, -0.2) is 75.6 Å². The van der Waals surface area contributed by atoms with Gasteiger partial charge in [-0.1, -0.05) is 35.1 Å². The number of aryl methyl sites for hydroxylation is 1. The number of fused-ring (bicyclic) bond motifs is 1. The average Bonchev–Trinajstić information content (AvgIpc) is 3.27. The molecule has 10 heteroatoms. The standard InChI is InChI=1S/C25H31N3O4S3/c1-19-8-10-20(11-9-19)33-18-4-7-23(29)28(13-12-27-14-16-32-17-15-27)25-26-24-21(34-25)5-3-6-22(24)35(2,30)31/h3,5-6,8-11H,4,7,12-18H2,1-2H3. The molecule has 2 aromatic carbocycles. The predicted octanol–water partition coefficient (Wildman–Crippen LogP) is 4.25. The zero-order valence-electron chi connectivity index (χ0n) is 20.1. The third kappa shape index (κ3) is 7.04. The van der Waals surface area contributed by atoms with Gasteiger partial charge in [0.05, 0.1) is 22.8 Å². The number of anilines is 1. The van der Waals surface area contributed by atoms with E-state index < -0.39 is 9.84 Å². The number of benzene rings is 2. The normalized spacial score (nSPS) is 14.9. The van der Waals surface area contributed by atoms with E-state index in [2.05, 4.69) is 41.1 Å². The number of ether oxygens (including phenoxy) is 1. The van der Waals surface area contributed by atoms with Gasteiger partial charge in [-0.2, -0.15) is 0 Å². The molecule has 0 aliphatic carbocycles. The summed E-state index contributed by atoms with van der Waals surface area (Å²) in [5, 5.41) is 0.556. The van der Waals surface area contributed by atoms with Crippen molar-refractivity contribution in [1.29, 1.82) is 0 Å². The summed E-state index contributed by atoms with van der Waals surface area (Å²) in [6, 6.07) is 13.6. The molecule has 0 unspecified atom stereocenters. The first kappa shape index (κ1) is 26.1. The molecule has 35 heavy (non-hydrogen) atoms. The van der Waals surface area contributed by atoms with Crippen molar-refractivity contribution >= 4 is 54.2 Å². The Labute approximate surface area is 215 Å². The summed E-state index contributed by atoms with van der Waals surface area (Å²) in [5.74, 6) is 0.868. The number of aromatic nitrogens is 1. The van der Waals surface area contributed by atoms with E-state index in [0.29, 0.717) is 36.8 Å². The Balaban J connectivity index is 1.48. The minimum atomic E-state index is -3.42. The maximum atomic E-state index is 13.4. The van der Waals surface area contributed by atoms with Gasteiger partial charge in [0.2, 0.25) is 5.91 Å². The summed E-state index contributed by atoms with van der Waals surface area (Å²) in [6.45, 7) is 6.38. The Morgan fingerprint density at radius 3 is 2.63 bits per heavy atom. The molecule has 7 nitrogen and oxygen atoms in total. The van der Waals surface area contributed by atoms with Gasteiger partial charge in [0.25, 0.3) is 0 Å². The minimum absolute atomic E-state index is 0.0164. The van der Waals surface area contributed by atoms with Crippen LogP contribution in [0.2, 0.25) is 0 Å². The zero-order chi connectivity index (χ0) is 24.8. The lowest BCUT2D eigenvalue weighted by Gasteiger charge is -2.29. The Morgan fingerprint density at radius 1 is 1.17 bits per heavy atom. The van der Waals surface area contributed by atoms with Crippen LogP contribution in [0.5, 0.6) is 0 Å². The van der Waals surface area contributed by atoms with Crippen LogP contribution in [0.1, 0.15) is 18.4 Å². The molecule has 0 radical (unpaired) electrons. The highest BCUT2D eigenvalue weighted by molar-refractivity contribution is 7.99. The summed E-state index contributed by atoms with van der Waals surface area (Å²) < 4.78 is 30.7. The summed E-state index contributed by atoms with van der Waals surface area (Å²) in [7, 11) is -3.42. The molecule has 1 aliphatic rings. The molecule has 4 rings (SSSR count). The van der Waals surface area contributed by atoms with Crippen LogP contribution in [0.4, 0.5) is 5.13 Å². The second kappa shape index (κ2) is 11.8. The molecular weight excluding hydrogens is 502 g/mol. The van der Waals surface area contributed by atoms with Gasteiger partial charge in [-0.05, 0) is 43.4 Å². The van der Waals surface area contributed by atoms with E-state index >= 15 is 0 Å². The number of thiazole rings is 1. The lowest BCUT2D eigenvalue weighted by molar-refractivity contribution is -0.118. The molecule has 1 saturated heterocycles. The molecule has 1 fully saturated rings. The van der Waals surface area contributed by atoms with Crippen molar-refractivity contribution in [3.05, 3.63) is 48.0 Å². The van der Waals surface area contributed by atoms with Crippen molar-refractivity contribution in [2.75, 3.05) is 56.3 Å². The van der Waals surface area contributed by atoms with Crippen LogP contribution < -0.4 is 4.90 Å². The number of rotatable bonds is 10. The number of sulfone groups is 1. The van der Waals surface area contributed by atoms with Gasteiger partial charge in [0, 0.05) is 43.8 Å². The predicted molar refractivity (Wildman–Crippen MR) is 143 cm³/mol. The van der Waals surface area contributed by atoms with Crippen molar-refractivity contribution in [2.45, 2.75) is 29.6 Å². The largest absolute Gasteiger partial charge is 0.379 e. The van der Waals surface area contributed by atoms with Gasteiger partial charge in [-0.3, -0.25) is 14.6 Å². The van der Waals surface area contributed by atoms with E-state index in [1.165, 1.54) is 28.1 Å². The average molecular weight is 534 g/mol. The molecule has 1 amide bonds. The SMILES string of the molecule is Cc1ccc(SCCCC(=O)N(CCN2CCOCC2)c2nc3c(S(C)(=O)=O)cccc3s2)cc1. The molecular formula is C25H31N3O4S3. The van der Waals surface area contributed by atoms with Crippen LogP contribution >= 0.6 is 23.1 Å². The minimum Gasteiger partial charge on any atom is -0.379 e. The maximum Gasteiger partial charge on any atom is 0.228 e. The molecule has 0 N–H and O–H groups in total. The van der Waals surface area contributed by atoms with Gasteiger partial charge in [0.15, 0.2) is 15.0 Å². The van der Waals surface area contributed by atoms with Crippen LogP contribution in [0.25, 0.3) is 10.2 Å². The monoisotopic (exact) mass is 533 g/mol. The summed E-state index contributed by atoms with van der Waals surface area (Å²) in [4.78, 5) is 23.4. The first-order valence-corrected chi connectivity index (χ1v) is 15.4. The van der Waals surface area contributed by atoms with Crippen molar-refractivity contribution in [3.8, 4) is 0 Å². The van der Waals surface area contributed by atoms with Crippen LogP contribution in [0.15, 0.2) is 52.3 Å². The van der Waals surface area contributed by atoms with E-state index in [9.17, 15) is 13.2 Å². The van der Waals surface area contributed by atoms with Gasteiger partial charge in [-0.15, -0.1) is 11.8 Å². The molecule has 0 saturated carbocycles. The molecule has 3 aromatic rings. The summed E-state index contributed by atoms with van der Waals surface area (Å²) in [6.07, 6.45) is 2.36. The number of carbonyl (C=O) groups excluding carboxylic acids is 1. The van der Waals surface area contributed by atoms with E-state index in [4.69, 9.17) is 4.74 Å². The second-order valence-electron chi connectivity index (χ2n) is 8.64. The smallest absolute Gasteiger partial charge is 0.228 e. The van der Waals surface area contributed by atoms with Gasteiger partial charge in [-0.25, -0.2) is 13.4 Å². The molecule has 2 heterocycles. The fraction of sp³-hybridized carbons (Fsp3) is 0.440. The van der Waals surface area contributed by atoms with Crippen LogP contribution in [-0.2, 0) is 19.4 Å². The van der Waals surface area contributed by atoms with Crippen LogP contribution in [0, 0.1) is 6.92 Å². The number of thioether (sulfide) groups is 1. The second-order valence-corrected chi connectivity index (χ2v) is 12.8. The van der Waals surface area contributed by atoms with Gasteiger partial charge in [0.1, 0.15) is 5.52 Å². The first-order valence-electron chi connectivity index (χ1n) is 11.7.